The van der Waals surface area contributed by atoms with Gasteiger partial charge in [0.1, 0.15) is 5.69 Å². The van der Waals surface area contributed by atoms with Gasteiger partial charge < -0.3 is 14.7 Å². The number of morpholine rings is 1. The van der Waals surface area contributed by atoms with E-state index in [-0.39, 0.29) is 37.6 Å². The summed E-state index contributed by atoms with van der Waals surface area (Å²) in [5, 5.41) is 9.18. The summed E-state index contributed by atoms with van der Waals surface area (Å²) in [6, 6.07) is 9.24. The van der Waals surface area contributed by atoms with E-state index in [1.165, 1.54) is 12.1 Å². The molecule has 0 radical (unpaired) electrons. The molecule has 1 saturated heterocycles. The predicted molar refractivity (Wildman–Crippen MR) is 101 cm³/mol. The molecule has 1 fully saturated rings. The first kappa shape index (κ1) is 19.4. The predicted octanol–water partition coefficient (Wildman–Crippen LogP) is 2.55. The molecular weight excluding hydrogens is 408 g/mol. The lowest BCUT2D eigenvalue weighted by Crippen LogP contribution is -2.50. The van der Waals surface area contributed by atoms with Gasteiger partial charge in [0.15, 0.2) is 11.6 Å². The molecule has 11 heteroatoms. The van der Waals surface area contributed by atoms with Crippen molar-refractivity contribution in [2.45, 2.75) is 6.10 Å². The second-order valence-corrected chi connectivity index (χ2v) is 8.29. The van der Waals surface area contributed by atoms with E-state index in [1.807, 2.05) is 0 Å². The average molecular weight is 425 g/mol. The molecule has 154 valence electrons. The lowest BCUT2D eigenvalue weighted by atomic mass is 10.2. The number of anilines is 3. The lowest BCUT2D eigenvalue weighted by Gasteiger charge is -2.33. The number of para-hydroxylation sites is 3. The van der Waals surface area contributed by atoms with Crippen molar-refractivity contribution >= 4 is 33.4 Å². The lowest BCUT2D eigenvalue weighted by molar-refractivity contribution is -0.0161. The van der Waals surface area contributed by atoms with Crippen LogP contribution >= 0.6 is 0 Å². The highest BCUT2D eigenvalue weighted by Gasteiger charge is 2.44. The summed E-state index contributed by atoms with van der Waals surface area (Å²) in [5.74, 6) is -2.03. The topological polar surface area (TPSA) is 90.4 Å². The molecule has 0 aromatic heterocycles. The van der Waals surface area contributed by atoms with Crippen LogP contribution in [0.25, 0.3) is 0 Å². The van der Waals surface area contributed by atoms with Gasteiger partial charge in [0.2, 0.25) is 0 Å². The van der Waals surface area contributed by atoms with Gasteiger partial charge in [-0.15, -0.1) is 0 Å². The van der Waals surface area contributed by atoms with Gasteiger partial charge in [-0.05, 0) is 24.3 Å². The summed E-state index contributed by atoms with van der Waals surface area (Å²) in [5.41, 5.74) is -0.368. The van der Waals surface area contributed by atoms with E-state index in [1.54, 1.807) is 12.1 Å². The van der Waals surface area contributed by atoms with Gasteiger partial charge in [-0.1, -0.05) is 18.2 Å². The molecule has 1 amide bonds. The Morgan fingerprint density at radius 3 is 2.41 bits per heavy atom. The number of ether oxygens (including phenoxy) is 1. The van der Waals surface area contributed by atoms with E-state index in [9.17, 15) is 27.1 Å². The van der Waals surface area contributed by atoms with Gasteiger partial charge in [-0.2, -0.15) is 8.42 Å². The Bertz CT molecular complexity index is 1040. The van der Waals surface area contributed by atoms with Crippen molar-refractivity contribution in [3.63, 3.8) is 0 Å². The molecule has 2 aromatic carbocycles. The minimum absolute atomic E-state index is 0.0163. The van der Waals surface area contributed by atoms with Gasteiger partial charge in [0, 0.05) is 6.54 Å². The zero-order chi connectivity index (χ0) is 20.8. The third kappa shape index (κ3) is 3.25. The van der Waals surface area contributed by atoms with Crippen LogP contribution in [0.1, 0.15) is 0 Å². The van der Waals surface area contributed by atoms with Crippen molar-refractivity contribution in [2.75, 3.05) is 34.9 Å². The maximum absolute atomic E-state index is 14.4. The molecule has 1 atom stereocenters. The van der Waals surface area contributed by atoms with Crippen LogP contribution < -0.4 is 8.61 Å². The molecular formula is C18H17F2N3O5S. The van der Waals surface area contributed by atoms with Crippen LogP contribution in [-0.2, 0) is 14.9 Å². The van der Waals surface area contributed by atoms with Gasteiger partial charge in [-0.25, -0.2) is 22.2 Å². The Morgan fingerprint density at radius 1 is 1.10 bits per heavy atom. The molecule has 8 nitrogen and oxygen atoms in total. The van der Waals surface area contributed by atoms with Crippen molar-refractivity contribution in [3.8, 4) is 0 Å². The summed E-state index contributed by atoms with van der Waals surface area (Å²) in [7, 11) is -4.38. The first-order chi connectivity index (χ1) is 13.8. The van der Waals surface area contributed by atoms with Crippen LogP contribution in [0, 0.1) is 11.6 Å². The number of nitrogens with zero attached hydrogens (tertiary/aromatic N) is 3. The number of rotatable bonds is 3. The third-order valence-corrected chi connectivity index (χ3v) is 6.54. The molecule has 2 aliphatic rings. The molecule has 2 aliphatic heterocycles. The van der Waals surface area contributed by atoms with Gasteiger partial charge >= 0.3 is 16.3 Å². The zero-order valence-corrected chi connectivity index (χ0v) is 15.8. The Morgan fingerprint density at radius 2 is 1.76 bits per heavy atom. The molecule has 0 aliphatic carbocycles. The number of benzene rings is 2. The second kappa shape index (κ2) is 7.16. The Balaban J connectivity index is 1.74. The molecule has 2 heterocycles. The summed E-state index contributed by atoms with van der Waals surface area (Å²) in [6.45, 7) is 0.0904. The van der Waals surface area contributed by atoms with E-state index < -0.39 is 39.7 Å². The Hall–Kier alpha value is -2.92. The van der Waals surface area contributed by atoms with Crippen molar-refractivity contribution in [2.24, 2.45) is 0 Å². The van der Waals surface area contributed by atoms with Gasteiger partial charge in [0.25, 0.3) is 0 Å². The number of carboxylic acid groups (broad SMARTS) is 1. The number of halogens is 2. The first-order valence-electron chi connectivity index (χ1n) is 8.76. The van der Waals surface area contributed by atoms with E-state index in [0.29, 0.717) is 4.31 Å². The largest absolute Gasteiger partial charge is 0.465 e. The van der Waals surface area contributed by atoms with Gasteiger partial charge in [-0.3, -0.25) is 0 Å². The van der Waals surface area contributed by atoms with E-state index in [0.717, 1.165) is 27.4 Å². The molecule has 29 heavy (non-hydrogen) atoms. The molecule has 0 unspecified atom stereocenters. The number of hydrogen-bond donors (Lipinski definition) is 1. The smallest absolute Gasteiger partial charge is 0.407 e. The fraction of sp³-hybridized carbons (Fsp3) is 0.278. The highest BCUT2D eigenvalue weighted by molar-refractivity contribution is 7.95. The number of amides is 1. The summed E-state index contributed by atoms with van der Waals surface area (Å²) in [6.07, 6.45) is -1.86. The number of fused-ring (bicyclic) bond motifs is 1. The monoisotopic (exact) mass is 425 g/mol. The molecule has 4 rings (SSSR count). The van der Waals surface area contributed by atoms with E-state index in [4.69, 9.17) is 4.74 Å². The molecule has 1 N–H and O–H groups in total. The fourth-order valence-electron chi connectivity index (χ4n) is 3.49. The van der Waals surface area contributed by atoms with Crippen LogP contribution in [0.4, 0.5) is 30.6 Å². The number of carbonyl (C=O) groups is 1. The van der Waals surface area contributed by atoms with Crippen LogP contribution in [0.15, 0.2) is 42.5 Å². The maximum atomic E-state index is 14.4. The molecule has 0 bridgehead atoms. The SMILES string of the molecule is O=C(O)N1CCO[C@H](CN2c3ccccc3N(c3c(F)cccc3F)S2(=O)=O)C1. The minimum Gasteiger partial charge on any atom is -0.465 e. The normalized spacial score (nSPS) is 20.6. The van der Waals surface area contributed by atoms with Crippen LogP contribution in [0.5, 0.6) is 0 Å². The van der Waals surface area contributed by atoms with E-state index in [2.05, 4.69) is 0 Å². The van der Waals surface area contributed by atoms with E-state index >= 15 is 0 Å². The third-order valence-electron chi connectivity index (χ3n) is 4.80. The zero-order valence-electron chi connectivity index (χ0n) is 15.0. The van der Waals surface area contributed by atoms with Crippen LogP contribution in [-0.4, -0.2) is 56.9 Å². The molecule has 0 saturated carbocycles. The quantitative estimate of drug-likeness (QED) is 0.816. The molecule has 2 aromatic rings. The Kier molecular flexibility index (Phi) is 4.79. The first-order valence-corrected chi connectivity index (χ1v) is 10.2. The van der Waals surface area contributed by atoms with Crippen molar-refractivity contribution in [3.05, 3.63) is 54.1 Å². The van der Waals surface area contributed by atoms with Crippen LogP contribution in [0.2, 0.25) is 0 Å². The van der Waals surface area contributed by atoms with Crippen molar-refractivity contribution < 1.29 is 31.8 Å². The highest BCUT2D eigenvalue weighted by atomic mass is 32.2. The number of hydrogen-bond acceptors (Lipinski definition) is 4. The average Bonchev–Trinajstić information content (AvgIpc) is 2.90. The highest BCUT2D eigenvalue weighted by Crippen LogP contribution is 2.46. The summed E-state index contributed by atoms with van der Waals surface area (Å²) in [4.78, 5) is 12.4. The standard InChI is InChI=1S/C18H17F2N3O5S/c19-13-4-3-5-14(20)17(13)23-16-7-2-1-6-15(16)22(29(23,26)27)11-12-10-21(18(24)25)8-9-28-12/h1-7,12H,8-11H2,(H,24,25)/t12-/m0/s1. The molecule has 0 spiro atoms. The van der Waals surface area contributed by atoms with Crippen LogP contribution in [0.3, 0.4) is 0 Å². The summed E-state index contributed by atoms with van der Waals surface area (Å²) < 4.78 is 62.5. The summed E-state index contributed by atoms with van der Waals surface area (Å²) >= 11 is 0. The second-order valence-electron chi connectivity index (χ2n) is 6.58. The van der Waals surface area contributed by atoms with Gasteiger partial charge in [0.05, 0.1) is 37.2 Å². The maximum Gasteiger partial charge on any atom is 0.407 e. The minimum atomic E-state index is -4.38. The van der Waals surface area contributed by atoms with Crippen molar-refractivity contribution in [1.82, 2.24) is 4.90 Å². The van der Waals surface area contributed by atoms with Crippen molar-refractivity contribution in [1.29, 1.82) is 0 Å². The fourth-order valence-corrected chi connectivity index (χ4v) is 5.26. The Labute approximate surface area is 165 Å².